The molecular weight excluding hydrogens is 320 g/mol. The van der Waals surface area contributed by atoms with Crippen molar-refractivity contribution in [3.05, 3.63) is 58.6 Å². The highest BCUT2D eigenvalue weighted by molar-refractivity contribution is 7.85. The van der Waals surface area contributed by atoms with Gasteiger partial charge in [0, 0.05) is 19.8 Å². The molecule has 0 unspecified atom stereocenters. The van der Waals surface area contributed by atoms with Crippen molar-refractivity contribution in [1.82, 2.24) is 0 Å². The molecule has 0 aromatic heterocycles. The van der Waals surface area contributed by atoms with Crippen LogP contribution in [0, 0.1) is 10.1 Å². The Morgan fingerprint density at radius 2 is 1.35 bits per heavy atom. The summed E-state index contributed by atoms with van der Waals surface area (Å²) >= 11 is 0. The predicted octanol–water partition coefficient (Wildman–Crippen LogP) is 3.13. The number of benzene rings is 2. The van der Waals surface area contributed by atoms with Gasteiger partial charge in [0.15, 0.2) is 4.33 Å². The van der Waals surface area contributed by atoms with E-state index >= 15 is 0 Å². The molecule has 2 rings (SSSR count). The summed E-state index contributed by atoms with van der Waals surface area (Å²) in [5, 5.41) is 18.5. The summed E-state index contributed by atoms with van der Waals surface area (Å²) < 4.78 is 21.4. The van der Waals surface area contributed by atoms with Crippen LogP contribution in [-0.4, -0.2) is 26.8 Å². The van der Waals surface area contributed by atoms with Crippen molar-refractivity contribution >= 4 is 27.1 Å². The van der Waals surface area contributed by atoms with Crippen molar-refractivity contribution in [3.63, 3.8) is 0 Å². The molecular formula is C14H14N4O4S. The van der Waals surface area contributed by atoms with E-state index in [4.69, 9.17) is 0 Å². The second kappa shape index (κ2) is 6.53. The number of sulfonamides is 1. The quantitative estimate of drug-likeness (QED) is 0.474. The Kier molecular flexibility index (Phi) is 4.70. The van der Waals surface area contributed by atoms with E-state index < -0.39 is 19.2 Å². The Morgan fingerprint density at radius 1 is 0.913 bits per heavy atom. The first-order valence-corrected chi connectivity index (χ1v) is 7.93. The molecule has 2 aromatic carbocycles. The number of nitro groups is 1. The average Bonchev–Trinajstić information content (AvgIpc) is 2.53. The maximum Gasteiger partial charge on any atom is 0.448 e. The Balaban J connectivity index is 2.16. The Labute approximate surface area is 133 Å². The lowest BCUT2D eigenvalue weighted by Gasteiger charge is -2.11. The lowest BCUT2D eigenvalue weighted by atomic mass is 10.3. The first-order valence-electron chi connectivity index (χ1n) is 6.49. The largest absolute Gasteiger partial charge is 0.448 e. The molecule has 23 heavy (non-hydrogen) atoms. The van der Waals surface area contributed by atoms with Gasteiger partial charge in [-0.2, -0.15) is 18.6 Å². The van der Waals surface area contributed by atoms with Crippen molar-refractivity contribution in [3.8, 4) is 0 Å². The van der Waals surface area contributed by atoms with E-state index in [-0.39, 0.29) is 0 Å². The van der Waals surface area contributed by atoms with Crippen LogP contribution in [0.5, 0.6) is 0 Å². The highest BCUT2D eigenvalue weighted by Gasteiger charge is 2.26. The molecule has 0 fully saturated rings. The van der Waals surface area contributed by atoms with Crippen molar-refractivity contribution in [2.45, 2.75) is 4.90 Å². The molecule has 0 atom stereocenters. The minimum absolute atomic E-state index is 0.392. The fourth-order valence-corrected chi connectivity index (χ4v) is 2.36. The number of hydrogen-bond acceptors (Lipinski definition) is 7. The number of hydrogen-bond donors (Lipinski definition) is 0. The normalized spacial score (nSPS) is 11.6. The number of rotatable bonds is 5. The summed E-state index contributed by atoms with van der Waals surface area (Å²) in [5.74, 6) is 0. The minimum Gasteiger partial charge on any atom is -0.378 e. The summed E-state index contributed by atoms with van der Waals surface area (Å²) in [6.45, 7) is 0. The van der Waals surface area contributed by atoms with Crippen LogP contribution >= 0.6 is 0 Å². The zero-order valence-electron chi connectivity index (χ0n) is 12.4. The van der Waals surface area contributed by atoms with Crippen LogP contribution in [-0.2, 0) is 10.0 Å². The van der Waals surface area contributed by atoms with Gasteiger partial charge < -0.3 is 4.90 Å². The molecule has 0 heterocycles. The molecule has 0 bridgehead atoms. The van der Waals surface area contributed by atoms with Gasteiger partial charge in [0.2, 0.25) is 0 Å². The first-order chi connectivity index (χ1) is 10.8. The van der Waals surface area contributed by atoms with Gasteiger partial charge >= 0.3 is 10.0 Å². The Bertz CT molecular complexity index is 828. The van der Waals surface area contributed by atoms with Crippen molar-refractivity contribution < 1.29 is 12.7 Å². The summed E-state index contributed by atoms with van der Waals surface area (Å²) in [6.07, 6.45) is 0. The van der Waals surface area contributed by atoms with Crippen molar-refractivity contribution in [2.24, 2.45) is 10.2 Å². The van der Waals surface area contributed by atoms with Gasteiger partial charge in [0.25, 0.3) is 0 Å². The van der Waals surface area contributed by atoms with E-state index in [9.17, 15) is 18.5 Å². The smallest absolute Gasteiger partial charge is 0.378 e. The van der Waals surface area contributed by atoms with E-state index in [0.717, 1.165) is 17.8 Å². The number of nitrogens with zero attached hydrogens (tertiary/aromatic N) is 4. The second-order valence-electron chi connectivity index (χ2n) is 4.80. The first kappa shape index (κ1) is 16.6. The second-order valence-corrected chi connectivity index (χ2v) is 6.52. The highest BCUT2D eigenvalue weighted by atomic mass is 32.2. The third-order valence-corrected chi connectivity index (χ3v) is 4.24. The van der Waals surface area contributed by atoms with E-state index in [1.807, 2.05) is 31.1 Å². The van der Waals surface area contributed by atoms with E-state index in [1.54, 1.807) is 12.1 Å². The average molecular weight is 334 g/mol. The monoisotopic (exact) mass is 334 g/mol. The van der Waals surface area contributed by atoms with Gasteiger partial charge in [-0.05, 0) is 48.5 Å². The Morgan fingerprint density at radius 3 is 1.74 bits per heavy atom. The highest BCUT2D eigenvalue weighted by Crippen LogP contribution is 2.22. The summed E-state index contributed by atoms with van der Waals surface area (Å²) in [7, 11) is -0.673. The van der Waals surface area contributed by atoms with Gasteiger partial charge in [-0.25, -0.2) is 10.1 Å². The molecule has 0 aliphatic heterocycles. The molecule has 0 N–H and O–H groups in total. The van der Waals surface area contributed by atoms with E-state index in [0.29, 0.717) is 11.4 Å². The molecule has 0 amide bonds. The molecule has 0 saturated carbocycles. The van der Waals surface area contributed by atoms with Crippen LogP contribution in [0.15, 0.2) is 63.7 Å². The van der Waals surface area contributed by atoms with Crippen LogP contribution in [0.2, 0.25) is 0 Å². The maximum absolute atomic E-state index is 11.4. The lowest BCUT2D eigenvalue weighted by Crippen LogP contribution is -2.12. The van der Waals surface area contributed by atoms with Crippen LogP contribution in [0.3, 0.4) is 0 Å². The fourth-order valence-electron chi connectivity index (χ4n) is 1.70. The topological polar surface area (TPSA) is 105 Å². The molecule has 0 spiro atoms. The molecule has 0 aliphatic rings. The molecule has 0 radical (unpaired) electrons. The third kappa shape index (κ3) is 3.89. The van der Waals surface area contributed by atoms with Crippen molar-refractivity contribution in [1.29, 1.82) is 0 Å². The van der Waals surface area contributed by atoms with E-state index in [1.165, 1.54) is 12.1 Å². The fraction of sp³-hybridized carbons (Fsp3) is 0.143. The van der Waals surface area contributed by atoms with Gasteiger partial charge in [0.1, 0.15) is 4.90 Å². The molecule has 8 nitrogen and oxygen atoms in total. The van der Waals surface area contributed by atoms with Gasteiger partial charge in [0.05, 0.1) is 11.4 Å². The van der Waals surface area contributed by atoms with Crippen molar-refractivity contribution in [2.75, 3.05) is 19.0 Å². The van der Waals surface area contributed by atoms with Gasteiger partial charge in [-0.1, -0.05) is 0 Å². The molecule has 120 valence electrons. The standard InChI is InChI=1S/C14H14N4O4S/c1-17(2)13-7-3-11(4-8-13)15-16-12-5-9-14(10-6-12)23(21,22)18(19)20/h3-10H,1-2H3. The summed E-state index contributed by atoms with van der Waals surface area (Å²) in [4.78, 5) is 12.0. The number of anilines is 1. The van der Waals surface area contributed by atoms with Crippen LogP contribution < -0.4 is 4.90 Å². The number of azo groups is 1. The van der Waals surface area contributed by atoms with Crippen LogP contribution in [0.4, 0.5) is 17.1 Å². The van der Waals surface area contributed by atoms with Gasteiger partial charge in [-0.3, -0.25) is 0 Å². The molecule has 0 saturated heterocycles. The molecule has 2 aromatic rings. The molecule has 0 aliphatic carbocycles. The lowest BCUT2D eigenvalue weighted by molar-refractivity contribution is -0.305. The third-order valence-electron chi connectivity index (χ3n) is 2.98. The zero-order valence-corrected chi connectivity index (χ0v) is 13.3. The minimum atomic E-state index is -4.53. The van der Waals surface area contributed by atoms with Crippen LogP contribution in [0.25, 0.3) is 0 Å². The summed E-state index contributed by atoms with van der Waals surface area (Å²) in [6, 6.07) is 12.3. The summed E-state index contributed by atoms with van der Waals surface area (Å²) in [5.41, 5.74) is 2.06. The molecule has 9 heteroatoms. The van der Waals surface area contributed by atoms with Gasteiger partial charge in [-0.15, -0.1) is 0 Å². The van der Waals surface area contributed by atoms with E-state index in [2.05, 4.69) is 10.2 Å². The SMILES string of the molecule is CN(C)c1ccc(N=Nc2ccc(S(=O)(=O)[N+](=O)[O-])cc2)cc1. The zero-order chi connectivity index (χ0) is 17.0. The Hall–Kier alpha value is -2.81. The predicted molar refractivity (Wildman–Crippen MR) is 85.6 cm³/mol. The van der Waals surface area contributed by atoms with Crippen LogP contribution in [0.1, 0.15) is 0 Å². The maximum atomic E-state index is 11.4.